The van der Waals surface area contributed by atoms with Crippen LogP contribution in [0.1, 0.15) is 42.5 Å². The Morgan fingerprint density at radius 1 is 1.17 bits per heavy atom. The van der Waals surface area contributed by atoms with Crippen molar-refractivity contribution in [2.75, 3.05) is 5.73 Å². The van der Waals surface area contributed by atoms with Crippen LogP contribution >= 0.6 is 0 Å². The van der Waals surface area contributed by atoms with E-state index in [4.69, 9.17) is 5.73 Å². The highest BCUT2D eigenvalue weighted by molar-refractivity contribution is 5.99. The van der Waals surface area contributed by atoms with E-state index in [1.54, 1.807) is 0 Å². The Labute approximate surface area is 104 Å². The van der Waals surface area contributed by atoms with Gasteiger partial charge in [0.1, 0.15) is 0 Å². The summed E-state index contributed by atoms with van der Waals surface area (Å²) in [5, 5.41) is 2.81. The fourth-order valence-electron chi connectivity index (χ4n) is 2.27. The van der Waals surface area contributed by atoms with Gasteiger partial charge >= 0.3 is 0 Å². The largest absolute Gasteiger partial charge is 0.398 e. The molecule has 0 heterocycles. The number of nitrogen functional groups attached to an aromatic ring is 1. The predicted octanol–water partition coefficient (Wildman–Crippen LogP) is 2.61. The average molecular weight is 254 g/mol. The third kappa shape index (κ3) is 2.78. The molecule has 3 nitrogen and oxygen atoms in total. The quantitative estimate of drug-likeness (QED) is 0.797. The minimum Gasteiger partial charge on any atom is -0.398 e. The van der Waals surface area contributed by atoms with Crippen LogP contribution in [0.15, 0.2) is 12.1 Å². The number of hydrogen-bond donors (Lipinski definition) is 2. The van der Waals surface area contributed by atoms with E-state index in [0.29, 0.717) is 0 Å². The van der Waals surface area contributed by atoms with Crippen molar-refractivity contribution in [3.05, 3.63) is 29.3 Å². The van der Waals surface area contributed by atoms with Crippen LogP contribution in [-0.2, 0) is 0 Å². The molecule has 1 aliphatic rings. The third-order valence-electron chi connectivity index (χ3n) is 3.28. The first-order valence-electron chi connectivity index (χ1n) is 6.13. The zero-order valence-corrected chi connectivity index (χ0v) is 10.0. The van der Waals surface area contributed by atoms with Gasteiger partial charge in [0.25, 0.3) is 5.91 Å². The van der Waals surface area contributed by atoms with Crippen molar-refractivity contribution in [3.8, 4) is 0 Å². The zero-order chi connectivity index (χ0) is 13.1. The standard InChI is InChI=1S/C13H16F2N2O/c14-10-6-9(12(16)7-11(10)15)13(18)17-8-4-2-1-3-5-8/h6-8H,1-5,16H2,(H,17,18). The summed E-state index contributed by atoms with van der Waals surface area (Å²) in [5.41, 5.74) is 5.49. The van der Waals surface area contributed by atoms with E-state index in [-0.39, 0.29) is 17.3 Å². The van der Waals surface area contributed by atoms with Gasteiger partial charge in [0.15, 0.2) is 11.6 Å². The van der Waals surface area contributed by atoms with Gasteiger partial charge in [0.05, 0.1) is 5.56 Å². The molecule has 1 aromatic carbocycles. The molecule has 2 rings (SSSR count). The van der Waals surface area contributed by atoms with Gasteiger partial charge in [-0.15, -0.1) is 0 Å². The molecule has 0 saturated heterocycles. The first kappa shape index (κ1) is 12.8. The lowest BCUT2D eigenvalue weighted by Gasteiger charge is -2.23. The van der Waals surface area contributed by atoms with Crippen molar-refractivity contribution in [2.24, 2.45) is 0 Å². The second-order valence-corrected chi connectivity index (χ2v) is 4.66. The second kappa shape index (κ2) is 5.33. The summed E-state index contributed by atoms with van der Waals surface area (Å²) < 4.78 is 26.0. The number of benzene rings is 1. The van der Waals surface area contributed by atoms with Crippen molar-refractivity contribution in [2.45, 2.75) is 38.1 Å². The predicted molar refractivity (Wildman–Crippen MR) is 65.1 cm³/mol. The van der Waals surface area contributed by atoms with Crippen molar-refractivity contribution in [1.82, 2.24) is 5.32 Å². The molecule has 1 aliphatic carbocycles. The summed E-state index contributed by atoms with van der Waals surface area (Å²) in [6, 6.07) is 1.80. The van der Waals surface area contributed by atoms with Crippen LogP contribution < -0.4 is 11.1 Å². The second-order valence-electron chi connectivity index (χ2n) is 4.66. The number of carbonyl (C=O) groups is 1. The number of nitrogens with two attached hydrogens (primary N) is 1. The van der Waals surface area contributed by atoms with Crippen LogP contribution in [0, 0.1) is 11.6 Å². The van der Waals surface area contributed by atoms with E-state index in [1.807, 2.05) is 0 Å². The van der Waals surface area contributed by atoms with Crippen molar-refractivity contribution >= 4 is 11.6 Å². The lowest BCUT2D eigenvalue weighted by atomic mass is 9.95. The highest BCUT2D eigenvalue weighted by atomic mass is 19.2. The summed E-state index contributed by atoms with van der Waals surface area (Å²) in [4.78, 5) is 11.9. The van der Waals surface area contributed by atoms with E-state index in [1.165, 1.54) is 6.42 Å². The van der Waals surface area contributed by atoms with Crippen LogP contribution in [0.5, 0.6) is 0 Å². The first-order valence-corrected chi connectivity index (χ1v) is 6.13. The highest BCUT2D eigenvalue weighted by Gasteiger charge is 2.19. The first-order chi connectivity index (χ1) is 8.58. The Kier molecular flexibility index (Phi) is 3.79. The van der Waals surface area contributed by atoms with Crippen molar-refractivity contribution < 1.29 is 13.6 Å². The minimum atomic E-state index is -1.06. The molecule has 0 unspecified atom stereocenters. The maximum Gasteiger partial charge on any atom is 0.253 e. The molecule has 1 fully saturated rings. The Hall–Kier alpha value is -1.65. The van der Waals surface area contributed by atoms with Crippen LogP contribution in [0.25, 0.3) is 0 Å². The van der Waals surface area contributed by atoms with Gasteiger partial charge in [0, 0.05) is 17.8 Å². The Bertz CT molecular complexity index is 457. The topological polar surface area (TPSA) is 55.1 Å². The molecular formula is C13H16F2N2O. The molecule has 0 spiro atoms. The van der Waals surface area contributed by atoms with E-state index in [0.717, 1.165) is 37.8 Å². The number of carbonyl (C=O) groups excluding carboxylic acids is 1. The Morgan fingerprint density at radius 3 is 2.44 bits per heavy atom. The van der Waals surface area contributed by atoms with E-state index < -0.39 is 17.5 Å². The smallest absolute Gasteiger partial charge is 0.253 e. The number of anilines is 1. The molecule has 98 valence electrons. The van der Waals surface area contributed by atoms with Gasteiger partial charge in [0.2, 0.25) is 0 Å². The monoisotopic (exact) mass is 254 g/mol. The molecule has 0 aliphatic heterocycles. The molecular weight excluding hydrogens is 238 g/mol. The molecule has 0 radical (unpaired) electrons. The summed E-state index contributed by atoms with van der Waals surface area (Å²) in [7, 11) is 0. The van der Waals surface area contributed by atoms with Gasteiger partial charge in [-0.05, 0) is 18.9 Å². The van der Waals surface area contributed by atoms with Crippen molar-refractivity contribution in [1.29, 1.82) is 0 Å². The number of halogens is 2. The molecule has 1 aromatic rings. The highest BCUT2D eigenvalue weighted by Crippen LogP contribution is 2.20. The molecule has 3 N–H and O–H groups in total. The molecule has 5 heteroatoms. The van der Waals surface area contributed by atoms with Crippen LogP contribution in [0.4, 0.5) is 14.5 Å². The lowest BCUT2D eigenvalue weighted by molar-refractivity contribution is 0.0928. The van der Waals surface area contributed by atoms with Gasteiger partial charge in [-0.2, -0.15) is 0 Å². The lowest BCUT2D eigenvalue weighted by Crippen LogP contribution is -2.36. The summed E-state index contributed by atoms with van der Waals surface area (Å²) >= 11 is 0. The van der Waals surface area contributed by atoms with Crippen LogP contribution in [-0.4, -0.2) is 11.9 Å². The number of amides is 1. The zero-order valence-electron chi connectivity index (χ0n) is 10.0. The summed E-state index contributed by atoms with van der Waals surface area (Å²) in [6.07, 6.45) is 5.20. The Morgan fingerprint density at radius 2 is 1.78 bits per heavy atom. The third-order valence-corrected chi connectivity index (χ3v) is 3.28. The molecule has 0 aromatic heterocycles. The average Bonchev–Trinajstić information content (AvgIpc) is 2.35. The Balaban J connectivity index is 2.10. The molecule has 0 atom stereocenters. The number of nitrogens with one attached hydrogen (secondary N) is 1. The fourth-order valence-corrected chi connectivity index (χ4v) is 2.27. The number of hydrogen-bond acceptors (Lipinski definition) is 2. The van der Waals surface area contributed by atoms with Crippen molar-refractivity contribution in [3.63, 3.8) is 0 Å². The SMILES string of the molecule is Nc1cc(F)c(F)cc1C(=O)NC1CCCCC1. The van der Waals surface area contributed by atoms with E-state index >= 15 is 0 Å². The van der Waals surface area contributed by atoms with E-state index in [9.17, 15) is 13.6 Å². The maximum absolute atomic E-state index is 13.1. The molecule has 18 heavy (non-hydrogen) atoms. The number of rotatable bonds is 2. The van der Waals surface area contributed by atoms with Crippen LogP contribution in [0.2, 0.25) is 0 Å². The molecule has 1 saturated carbocycles. The van der Waals surface area contributed by atoms with Gasteiger partial charge in [-0.1, -0.05) is 19.3 Å². The molecule has 1 amide bonds. The van der Waals surface area contributed by atoms with E-state index in [2.05, 4.69) is 5.32 Å². The fraction of sp³-hybridized carbons (Fsp3) is 0.462. The van der Waals surface area contributed by atoms with Gasteiger partial charge in [-0.25, -0.2) is 8.78 Å². The maximum atomic E-state index is 13.1. The normalized spacial score (nSPS) is 16.6. The minimum absolute atomic E-state index is 0.000488. The summed E-state index contributed by atoms with van der Waals surface area (Å²) in [5.74, 6) is -2.53. The van der Waals surface area contributed by atoms with Gasteiger partial charge in [-0.3, -0.25) is 4.79 Å². The van der Waals surface area contributed by atoms with Gasteiger partial charge < -0.3 is 11.1 Å². The summed E-state index contributed by atoms with van der Waals surface area (Å²) in [6.45, 7) is 0. The van der Waals surface area contributed by atoms with Crippen LogP contribution in [0.3, 0.4) is 0 Å². The molecule has 0 bridgehead atoms.